The van der Waals surface area contributed by atoms with E-state index in [1.807, 2.05) is 0 Å². The van der Waals surface area contributed by atoms with Gasteiger partial charge in [0.05, 0.1) is 5.70 Å². The Labute approximate surface area is 148 Å². The van der Waals surface area contributed by atoms with Gasteiger partial charge in [0.2, 0.25) is 6.23 Å². The summed E-state index contributed by atoms with van der Waals surface area (Å²) < 4.78 is 61.8. The Morgan fingerprint density at radius 3 is 2.42 bits per heavy atom. The van der Waals surface area contributed by atoms with Crippen LogP contribution in [0.4, 0.5) is 23.2 Å². The van der Waals surface area contributed by atoms with Gasteiger partial charge in [-0.25, -0.2) is 8.78 Å². The normalized spacial score (nSPS) is 17.3. The lowest BCUT2D eigenvalue weighted by Crippen LogP contribution is -2.23. The number of hydrogen-bond acceptors (Lipinski definition) is 3. The number of anilines is 1. The van der Waals surface area contributed by atoms with Crippen LogP contribution in [0.5, 0.6) is 5.75 Å². The fraction of sp³-hybridized carbons (Fsp3) is 0.263. The topological polar surface area (TPSA) is 21.7 Å². The van der Waals surface area contributed by atoms with Crippen LogP contribution in [-0.4, -0.2) is 6.61 Å². The van der Waals surface area contributed by atoms with E-state index in [2.05, 4.69) is 4.74 Å². The van der Waals surface area contributed by atoms with Crippen LogP contribution in [0.3, 0.4) is 0 Å². The molecule has 0 amide bonds. The van der Waals surface area contributed by atoms with E-state index >= 15 is 0 Å². The first-order chi connectivity index (χ1) is 12.3. The molecule has 1 aliphatic heterocycles. The van der Waals surface area contributed by atoms with E-state index in [9.17, 15) is 17.6 Å². The maximum absolute atomic E-state index is 13.6. The minimum Gasteiger partial charge on any atom is -0.472 e. The van der Waals surface area contributed by atoms with Gasteiger partial charge in [0.15, 0.2) is 0 Å². The largest absolute Gasteiger partial charge is 0.472 e. The lowest BCUT2D eigenvalue weighted by molar-refractivity contribution is -0.0498. The summed E-state index contributed by atoms with van der Waals surface area (Å²) in [7, 11) is 0. The van der Waals surface area contributed by atoms with Crippen molar-refractivity contribution in [2.45, 2.75) is 32.6 Å². The van der Waals surface area contributed by atoms with E-state index in [1.165, 1.54) is 30.5 Å². The quantitative estimate of drug-likeness (QED) is 0.624. The highest BCUT2D eigenvalue weighted by molar-refractivity contribution is 5.57. The monoisotopic (exact) mass is 367 g/mol. The third-order valence-electron chi connectivity index (χ3n) is 4.00. The van der Waals surface area contributed by atoms with Crippen molar-refractivity contribution in [2.24, 2.45) is 0 Å². The maximum Gasteiger partial charge on any atom is 0.387 e. The van der Waals surface area contributed by atoms with Gasteiger partial charge < -0.3 is 14.4 Å². The van der Waals surface area contributed by atoms with Gasteiger partial charge in [-0.3, -0.25) is 0 Å². The summed E-state index contributed by atoms with van der Waals surface area (Å²) in [6.07, 6.45) is 0.946. The van der Waals surface area contributed by atoms with Crippen LogP contribution in [0, 0.1) is 0 Å². The zero-order chi connectivity index (χ0) is 18.9. The Balaban J connectivity index is 1.90. The lowest BCUT2D eigenvalue weighted by atomic mass is 10.1. The van der Waals surface area contributed by atoms with E-state index in [0.29, 0.717) is 11.3 Å². The van der Waals surface area contributed by atoms with Crippen LogP contribution >= 0.6 is 0 Å². The first kappa shape index (κ1) is 18.1. The predicted octanol–water partition coefficient (Wildman–Crippen LogP) is 5.80. The molecule has 138 valence electrons. The fourth-order valence-corrected chi connectivity index (χ4v) is 2.77. The van der Waals surface area contributed by atoms with Gasteiger partial charge in [-0.05, 0) is 43.3 Å². The Morgan fingerprint density at radius 1 is 1.12 bits per heavy atom. The third kappa shape index (κ3) is 3.76. The van der Waals surface area contributed by atoms with Gasteiger partial charge in [-0.2, -0.15) is 8.78 Å². The van der Waals surface area contributed by atoms with E-state index < -0.39 is 18.8 Å². The number of hydrogen-bond donors (Lipinski definition) is 0. The highest BCUT2D eigenvalue weighted by atomic mass is 19.3. The number of nitrogens with zero attached hydrogens (tertiary/aromatic N) is 1. The van der Waals surface area contributed by atoms with Crippen LogP contribution in [0.2, 0.25) is 0 Å². The van der Waals surface area contributed by atoms with Crippen molar-refractivity contribution in [2.75, 3.05) is 4.90 Å². The third-order valence-corrected chi connectivity index (χ3v) is 4.00. The van der Waals surface area contributed by atoms with E-state index in [0.717, 1.165) is 12.6 Å². The summed E-state index contributed by atoms with van der Waals surface area (Å²) in [5.74, 6) is -2.93. The van der Waals surface area contributed by atoms with Crippen molar-refractivity contribution in [3.8, 4) is 5.75 Å². The second kappa shape index (κ2) is 6.90. The minimum absolute atomic E-state index is 0.0330. The molecule has 1 unspecified atom stereocenters. The van der Waals surface area contributed by atoms with Gasteiger partial charge in [0.1, 0.15) is 12.0 Å². The number of alkyl halides is 4. The van der Waals surface area contributed by atoms with Crippen molar-refractivity contribution in [3.63, 3.8) is 0 Å². The Kier molecular flexibility index (Phi) is 4.80. The number of rotatable bonds is 5. The molecule has 3 nitrogen and oxygen atoms in total. The SMILES string of the molecule is CC1=COC(c2ccc(OC(F)F)cc2)N1c1cccc(C(C)(F)F)c1. The van der Waals surface area contributed by atoms with Crippen molar-refractivity contribution in [1.82, 2.24) is 0 Å². The molecule has 0 aromatic heterocycles. The molecule has 0 saturated heterocycles. The molecule has 26 heavy (non-hydrogen) atoms. The molecular formula is C19H17F4NO2. The first-order valence-corrected chi connectivity index (χ1v) is 7.90. The summed E-state index contributed by atoms with van der Waals surface area (Å²) >= 11 is 0. The van der Waals surface area contributed by atoms with Crippen LogP contribution in [-0.2, 0) is 10.7 Å². The molecule has 0 radical (unpaired) electrons. The Hall–Kier alpha value is -2.70. The smallest absolute Gasteiger partial charge is 0.387 e. The van der Waals surface area contributed by atoms with E-state index in [-0.39, 0.29) is 11.3 Å². The van der Waals surface area contributed by atoms with Gasteiger partial charge >= 0.3 is 6.61 Å². The molecule has 1 atom stereocenters. The summed E-state index contributed by atoms with van der Waals surface area (Å²) in [5, 5.41) is 0. The molecular weight excluding hydrogens is 350 g/mol. The zero-order valence-electron chi connectivity index (χ0n) is 14.1. The zero-order valence-corrected chi connectivity index (χ0v) is 14.1. The summed E-state index contributed by atoms with van der Waals surface area (Å²) in [4.78, 5) is 1.76. The van der Waals surface area contributed by atoms with Gasteiger partial charge in [0.25, 0.3) is 5.92 Å². The molecule has 2 aromatic rings. The molecule has 3 rings (SSSR count). The minimum atomic E-state index is -2.96. The summed E-state index contributed by atoms with van der Waals surface area (Å²) in [5.41, 5.74) is 1.86. The molecule has 0 bridgehead atoms. The number of halogens is 4. The average molecular weight is 367 g/mol. The van der Waals surface area contributed by atoms with Crippen LogP contribution in [0.25, 0.3) is 0 Å². The van der Waals surface area contributed by atoms with Crippen LogP contribution in [0.15, 0.2) is 60.5 Å². The molecule has 0 fully saturated rings. The molecule has 1 heterocycles. The highest BCUT2D eigenvalue weighted by Crippen LogP contribution is 2.39. The lowest BCUT2D eigenvalue weighted by Gasteiger charge is -2.28. The van der Waals surface area contributed by atoms with Crippen molar-refractivity contribution >= 4 is 5.69 Å². The van der Waals surface area contributed by atoms with Crippen LogP contribution < -0.4 is 9.64 Å². The number of ether oxygens (including phenoxy) is 2. The van der Waals surface area contributed by atoms with Crippen molar-refractivity contribution in [1.29, 1.82) is 0 Å². The van der Waals surface area contributed by atoms with Crippen molar-refractivity contribution < 1.29 is 27.0 Å². The standard InChI is InChI=1S/C19H17F4NO2/c1-12-11-25-17(13-6-8-16(9-7-13)26-18(20)21)24(12)15-5-3-4-14(10-15)19(2,22)23/h3-11,17-18H,1-2H3. The predicted molar refractivity (Wildman–Crippen MR) is 89.1 cm³/mol. The van der Waals surface area contributed by atoms with Crippen LogP contribution in [0.1, 0.15) is 31.2 Å². The first-order valence-electron chi connectivity index (χ1n) is 7.90. The Bertz CT molecular complexity index is 800. The van der Waals surface area contributed by atoms with Gasteiger partial charge in [-0.1, -0.05) is 12.1 Å². The summed E-state index contributed by atoms with van der Waals surface area (Å²) in [6, 6.07) is 12.1. The fourth-order valence-electron chi connectivity index (χ4n) is 2.77. The van der Waals surface area contributed by atoms with Gasteiger partial charge in [0, 0.05) is 23.7 Å². The molecule has 0 spiro atoms. The number of benzene rings is 2. The second-order valence-corrected chi connectivity index (χ2v) is 6.00. The van der Waals surface area contributed by atoms with E-state index in [4.69, 9.17) is 4.74 Å². The highest BCUT2D eigenvalue weighted by Gasteiger charge is 2.31. The maximum atomic E-state index is 13.6. The second-order valence-electron chi connectivity index (χ2n) is 6.00. The number of allylic oxidation sites excluding steroid dienone is 1. The molecule has 1 aliphatic rings. The van der Waals surface area contributed by atoms with Crippen molar-refractivity contribution in [3.05, 3.63) is 71.6 Å². The molecule has 0 saturated carbocycles. The molecule has 7 heteroatoms. The van der Waals surface area contributed by atoms with E-state index in [1.54, 1.807) is 36.1 Å². The Morgan fingerprint density at radius 2 is 1.81 bits per heavy atom. The molecule has 2 aromatic carbocycles. The van der Waals surface area contributed by atoms with Gasteiger partial charge in [-0.15, -0.1) is 0 Å². The summed E-state index contributed by atoms with van der Waals surface area (Å²) in [6.45, 7) is -0.262. The molecule has 0 aliphatic carbocycles. The average Bonchev–Trinajstić information content (AvgIpc) is 2.96. The molecule has 0 N–H and O–H groups in total.